The molecule has 0 spiro atoms. The maximum Gasteiger partial charge on any atom is 0.273 e. The summed E-state index contributed by atoms with van der Waals surface area (Å²) in [5.41, 5.74) is 2.44. The number of aliphatic hydroxyl groups is 1. The Morgan fingerprint density at radius 3 is 2.74 bits per heavy atom. The summed E-state index contributed by atoms with van der Waals surface area (Å²) in [6.45, 7) is 9.94. The number of hydrogen-bond acceptors (Lipinski definition) is 8. The molecule has 4 aromatic rings. The molecule has 1 aliphatic heterocycles. The van der Waals surface area contributed by atoms with Gasteiger partial charge in [0.15, 0.2) is 22.9 Å². The molecule has 0 saturated carbocycles. The normalized spacial score (nSPS) is 16.3. The third-order valence-electron chi connectivity index (χ3n) is 6.88. The highest BCUT2D eigenvalue weighted by atomic mass is 16.5. The fourth-order valence-electron chi connectivity index (χ4n) is 4.71. The van der Waals surface area contributed by atoms with E-state index in [0.717, 1.165) is 40.9 Å². The number of carbonyl (C=O) groups excluding carboxylic acids is 2. The zero-order valence-electron chi connectivity index (χ0n) is 22.1. The fraction of sp³-hybridized carbons (Fsp3) is 0.321. The molecule has 3 aromatic heterocycles. The van der Waals surface area contributed by atoms with Gasteiger partial charge in [-0.25, -0.2) is 4.98 Å². The van der Waals surface area contributed by atoms with Crippen LogP contribution in [-0.2, 0) is 10.4 Å². The number of pyridine rings is 1. The van der Waals surface area contributed by atoms with Crippen molar-refractivity contribution < 1.29 is 19.2 Å². The Bertz CT molecular complexity index is 1520. The molecule has 0 aliphatic carbocycles. The summed E-state index contributed by atoms with van der Waals surface area (Å²) in [6.07, 6.45) is 3.84. The van der Waals surface area contributed by atoms with Crippen molar-refractivity contribution in [1.29, 1.82) is 0 Å². The minimum absolute atomic E-state index is 0.0253. The number of nitrogens with zero attached hydrogens (tertiary/aromatic N) is 4. The van der Waals surface area contributed by atoms with Gasteiger partial charge in [0.2, 0.25) is 5.91 Å². The number of nitrogens with one attached hydrogen (secondary N) is 3. The van der Waals surface area contributed by atoms with Crippen LogP contribution < -0.4 is 15.5 Å². The van der Waals surface area contributed by atoms with E-state index < -0.39 is 11.5 Å². The molecule has 0 bridgehead atoms. The number of carbonyl (C=O) groups is 2. The van der Waals surface area contributed by atoms with Crippen molar-refractivity contribution in [2.75, 3.05) is 18.0 Å². The first-order chi connectivity index (χ1) is 18.6. The van der Waals surface area contributed by atoms with Crippen LogP contribution >= 0.6 is 0 Å². The van der Waals surface area contributed by atoms with E-state index >= 15 is 0 Å². The highest BCUT2D eigenvalue weighted by molar-refractivity contribution is 6.01. The SMILES string of the molecule is C=CC(=O)N[C@@H]1CCN(c2n[nH]c3nccc(-c4ccc([C@@H](C)NC(=O)c5cc(C(C)(C)O)on5)cc4)c23)C1. The Morgan fingerprint density at radius 2 is 2.05 bits per heavy atom. The molecular formula is C28H31N7O4. The van der Waals surface area contributed by atoms with Crippen LogP contribution in [0.3, 0.4) is 0 Å². The van der Waals surface area contributed by atoms with Gasteiger partial charge in [-0.15, -0.1) is 0 Å². The molecule has 1 fully saturated rings. The van der Waals surface area contributed by atoms with Crippen LogP contribution in [0.15, 0.2) is 59.8 Å². The second kappa shape index (κ2) is 10.3. The van der Waals surface area contributed by atoms with Gasteiger partial charge in [-0.3, -0.25) is 14.7 Å². The smallest absolute Gasteiger partial charge is 0.273 e. The lowest BCUT2D eigenvalue weighted by molar-refractivity contribution is -0.117. The molecule has 11 heteroatoms. The molecule has 1 aromatic carbocycles. The number of anilines is 1. The van der Waals surface area contributed by atoms with Gasteiger partial charge in [0.25, 0.3) is 5.91 Å². The molecule has 0 unspecified atom stereocenters. The van der Waals surface area contributed by atoms with Gasteiger partial charge in [0.1, 0.15) is 5.60 Å². The van der Waals surface area contributed by atoms with E-state index in [1.807, 2.05) is 37.3 Å². The lowest BCUT2D eigenvalue weighted by Crippen LogP contribution is -2.36. The van der Waals surface area contributed by atoms with E-state index in [1.54, 1.807) is 20.0 Å². The number of H-pyrrole nitrogens is 1. The molecule has 4 heterocycles. The Balaban J connectivity index is 1.33. The summed E-state index contributed by atoms with van der Waals surface area (Å²) >= 11 is 0. The third kappa shape index (κ3) is 5.39. The summed E-state index contributed by atoms with van der Waals surface area (Å²) in [5.74, 6) is 0.448. The van der Waals surface area contributed by atoms with Crippen LogP contribution in [0.5, 0.6) is 0 Å². The Labute approximate surface area is 225 Å². The minimum Gasteiger partial charge on any atom is -0.382 e. The molecule has 2 amide bonds. The van der Waals surface area contributed by atoms with E-state index in [1.165, 1.54) is 12.1 Å². The van der Waals surface area contributed by atoms with Gasteiger partial charge in [-0.2, -0.15) is 5.10 Å². The van der Waals surface area contributed by atoms with E-state index in [9.17, 15) is 14.7 Å². The first-order valence-corrected chi connectivity index (χ1v) is 12.8. The van der Waals surface area contributed by atoms with E-state index in [0.29, 0.717) is 12.2 Å². The van der Waals surface area contributed by atoms with Crippen molar-refractivity contribution in [3.05, 3.63) is 72.3 Å². The van der Waals surface area contributed by atoms with Crippen LogP contribution in [0.25, 0.3) is 22.2 Å². The van der Waals surface area contributed by atoms with Crippen molar-refractivity contribution in [3.8, 4) is 11.1 Å². The van der Waals surface area contributed by atoms with Crippen molar-refractivity contribution in [2.45, 2.75) is 44.9 Å². The Hall–Kier alpha value is -4.51. The number of aromatic amines is 1. The van der Waals surface area contributed by atoms with Gasteiger partial charge in [-0.1, -0.05) is 36.0 Å². The average molecular weight is 530 g/mol. The second-order valence-corrected chi connectivity index (χ2v) is 10.2. The molecule has 1 saturated heterocycles. The Morgan fingerprint density at radius 1 is 1.28 bits per heavy atom. The summed E-state index contributed by atoms with van der Waals surface area (Å²) in [4.78, 5) is 31.0. The predicted octanol–water partition coefficient (Wildman–Crippen LogP) is 3.21. The topological polar surface area (TPSA) is 149 Å². The molecule has 1 aliphatic rings. The average Bonchev–Trinajstić information content (AvgIpc) is 3.67. The molecule has 11 nitrogen and oxygen atoms in total. The summed E-state index contributed by atoms with van der Waals surface area (Å²) in [5, 5.41) is 28.2. The fourth-order valence-corrected chi connectivity index (χ4v) is 4.71. The number of fused-ring (bicyclic) bond motifs is 1. The molecule has 202 valence electrons. The van der Waals surface area contributed by atoms with Crippen LogP contribution in [-0.4, -0.2) is 56.4 Å². The second-order valence-electron chi connectivity index (χ2n) is 10.2. The van der Waals surface area contributed by atoms with Crippen molar-refractivity contribution >= 4 is 28.7 Å². The molecule has 4 N–H and O–H groups in total. The predicted molar refractivity (Wildman–Crippen MR) is 146 cm³/mol. The number of hydrogen-bond donors (Lipinski definition) is 4. The largest absolute Gasteiger partial charge is 0.382 e. The first kappa shape index (κ1) is 26.1. The standard InChI is InChI=1S/C28H31N7O4/c1-5-23(36)31-19-11-13-35(15-19)26-24-20(10-12-29-25(24)32-33-26)18-8-6-17(7-9-18)16(2)30-27(37)21-14-22(39-34-21)28(3,4)38/h5-10,12,14,16,19,38H,1,11,13,15H2,2-4H3,(H,30,37)(H,31,36)(H,29,32,33)/t16-,19-/m1/s1. The minimum atomic E-state index is -1.22. The zero-order chi connectivity index (χ0) is 27.7. The molecular weight excluding hydrogens is 498 g/mol. The molecule has 0 radical (unpaired) electrons. The summed E-state index contributed by atoms with van der Waals surface area (Å²) < 4.78 is 5.11. The number of amides is 2. The summed E-state index contributed by atoms with van der Waals surface area (Å²) in [6, 6.07) is 11.1. The maximum atomic E-state index is 12.7. The lowest BCUT2D eigenvalue weighted by Gasteiger charge is -2.18. The van der Waals surface area contributed by atoms with Crippen LogP contribution in [0.4, 0.5) is 5.82 Å². The van der Waals surface area contributed by atoms with E-state index in [4.69, 9.17) is 4.52 Å². The van der Waals surface area contributed by atoms with E-state index in [2.05, 4.69) is 42.5 Å². The number of benzene rings is 1. The lowest BCUT2D eigenvalue weighted by atomic mass is 9.99. The van der Waals surface area contributed by atoms with Crippen molar-refractivity contribution in [3.63, 3.8) is 0 Å². The molecule has 5 rings (SSSR count). The third-order valence-corrected chi connectivity index (χ3v) is 6.88. The monoisotopic (exact) mass is 529 g/mol. The van der Waals surface area contributed by atoms with Crippen LogP contribution in [0.1, 0.15) is 55.0 Å². The maximum absolute atomic E-state index is 12.7. The molecule has 2 atom stereocenters. The number of rotatable bonds is 8. The Kier molecular flexibility index (Phi) is 6.92. The highest BCUT2D eigenvalue weighted by Crippen LogP contribution is 2.35. The van der Waals surface area contributed by atoms with Crippen LogP contribution in [0, 0.1) is 0 Å². The zero-order valence-corrected chi connectivity index (χ0v) is 22.1. The van der Waals surface area contributed by atoms with Gasteiger partial charge in [0, 0.05) is 31.4 Å². The van der Waals surface area contributed by atoms with Crippen molar-refractivity contribution in [2.24, 2.45) is 0 Å². The van der Waals surface area contributed by atoms with Gasteiger partial charge >= 0.3 is 0 Å². The van der Waals surface area contributed by atoms with Gasteiger partial charge in [0.05, 0.1) is 11.4 Å². The quantitative estimate of drug-likeness (QED) is 0.254. The van der Waals surface area contributed by atoms with E-state index in [-0.39, 0.29) is 29.4 Å². The van der Waals surface area contributed by atoms with Crippen LogP contribution in [0.2, 0.25) is 0 Å². The first-order valence-electron chi connectivity index (χ1n) is 12.8. The van der Waals surface area contributed by atoms with Gasteiger partial charge < -0.3 is 25.2 Å². The molecule has 39 heavy (non-hydrogen) atoms. The highest BCUT2D eigenvalue weighted by Gasteiger charge is 2.28. The van der Waals surface area contributed by atoms with Gasteiger partial charge in [-0.05, 0) is 56.0 Å². The van der Waals surface area contributed by atoms with Crippen molar-refractivity contribution in [1.82, 2.24) is 31.0 Å². The summed E-state index contributed by atoms with van der Waals surface area (Å²) in [7, 11) is 0. The number of aromatic nitrogens is 4.